The zero-order chi connectivity index (χ0) is 13.2. The Bertz CT molecular complexity index is 327. The minimum absolute atomic E-state index is 0.0239. The molecule has 0 spiro atoms. The van der Waals surface area contributed by atoms with Gasteiger partial charge in [-0.1, -0.05) is 0 Å². The van der Waals surface area contributed by atoms with Crippen molar-refractivity contribution in [3.8, 4) is 0 Å². The second-order valence-electron chi connectivity index (χ2n) is 6.24. The standard InChI is InChI=1S/C14H26N4O/c1-11-8-16-13(9-15-11)14(19)18-7-3-6-17-5-2-4-12(17)10-18/h11-13,15-16H,2-10H2,1H3. The fourth-order valence-corrected chi connectivity index (χ4v) is 3.58. The maximum Gasteiger partial charge on any atom is 0.241 e. The molecule has 0 aliphatic carbocycles. The lowest BCUT2D eigenvalue weighted by atomic mass is 10.1. The number of hydrogen-bond acceptors (Lipinski definition) is 4. The van der Waals surface area contributed by atoms with Crippen LogP contribution in [0, 0.1) is 0 Å². The van der Waals surface area contributed by atoms with E-state index in [-0.39, 0.29) is 6.04 Å². The van der Waals surface area contributed by atoms with Crippen molar-refractivity contribution in [2.45, 2.75) is 44.3 Å². The molecule has 0 bridgehead atoms. The summed E-state index contributed by atoms with van der Waals surface area (Å²) in [5.74, 6) is 0.299. The molecule has 3 aliphatic rings. The van der Waals surface area contributed by atoms with E-state index in [2.05, 4.69) is 27.4 Å². The van der Waals surface area contributed by atoms with Crippen LogP contribution in [-0.2, 0) is 4.79 Å². The van der Waals surface area contributed by atoms with Crippen LogP contribution in [0.4, 0.5) is 0 Å². The van der Waals surface area contributed by atoms with Crippen molar-refractivity contribution in [3.63, 3.8) is 0 Å². The molecule has 2 N–H and O–H groups in total. The molecule has 3 saturated heterocycles. The highest BCUT2D eigenvalue weighted by Gasteiger charge is 2.33. The second kappa shape index (κ2) is 5.77. The Balaban J connectivity index is 1.59. The molecule has 3 aliphatic heterocycles. The molecule has 3 unspecified atom stereocenters. The summed E-state index contributed by atoms with van der Waals surface area (Å²) in [4.78, 5) is 17.3. The topological polar surface area (TPSA) is 47.6 Å². The van der Waals surface area contributed by atoms with Crippen molar-refractivity contribution in [2.24, 2.45) is 0 Å². The number of fused-ring (bicyclic) bond motifs is 1. The summed E-state index contributed by atoms with van der Waals surface area (Å²) in [6.07, 6.45) is 3.68. The normalized spacial score (nSPS) is 36.9. The number of amides is 1. The summed E-state index contributed by atoms with van der Waals surface area (Å²) in [6.45, 7) is 8.07. The highest BCUT2D eigenvalue weighted by atomic mass is 16.2. The molecule has 5 nitrogen and oxygen atoms in total. The quantitative estimate of drug-likeness (QED) is 0.680. The SMILES string of the molecule is CC1CNC(C(=O)N2CCCN3CCCC3C2)CN1. The van der Waals surface area contributed by atoms with Crippen LogP contribution in [-0.4, -0.2) is 73.1 Å². The van der Waals surface area contributed by atoms with Crippen LogP contribution in [0.15, 0.2) is 0 Å². The summed E-state index contributed by atoms with van der Waals surface area (Å²) in [6, 6.07) is 1.06. The van der Waals surface area contributed by atoms with E-state index in [1.807, 2.05) is 0 Å². The van der Waals surface area contributed by atoms with Gasteiger partial charge in [0.15, 0.2) is 0 Å². The van der Waals surface area contributed by atoms with Gasteiger partial charge in [0, 0.05) is 44.8 Å². The molecule has 0 saturated carbocycles. The molecule has 108 valence electrons. The number of piperazine rings is 1. The number of nitrogens with zero attached hydrogens (tertiary/aromatic N) is 2. The number of carbonyl (C=O) groups is 1. The van der Waals surface area contributed by atoms with E-state index < -0.39 is 0 Å². The van der Waals surface area contributed by atoms with E-state index >= 15 is 0 Å². The molecule has 3 atom stereocenters. The number of nitrogens with one attached hydrogen (secondary N) is 2. The third kappa shape index (κ3) is 2.93. The molecule has 0 aromatic rings. The van der Waals surface area contributed by atoms with E-state index in [1.54, 1.807) is 0 Å². The molecule has 1 amide bonds. The first kappa shape index (κ1) is 13.3. The summed E-state index contributed by atoms with van der Waals surface area (Å²) >= 11 is 0. The van der Waals surface area contributed by atoms with Crippen LogP contribution in [0.3, 0.4) is 0 Å². The molecular weight excluding hydrogens is 240 g/mol. The van der Waals surface area contributed by atoms with Crippen LogP contribution in [0.1, 0.15) is 26.2 Å². The Hall–Kier alpha value is -0.650. The lowest BCUT2D eigenvalue weighted by Gasteiger charge is -2.33. The summed E-state index contributed by atoms with van der Waals surface area (Å²) in [5.41, 5.74) is 0. The number of rotatable bonds is 1. The van der Waals surface area contributed by atoms with Gasteiger partial charge in [0.2, 0.25) is 5.91 Å². The second-order valence-corrected chi connectivity index (χ2v) is 6.24. The van der Waals surface area contributed by atoms with Gasteiger partial charge in [-0.2, -0.15) is 0 Å². The van der Waals surface area contributed by atoms with E-state index in [4.69, 9.17) is 0 Å². The summed E-state index contributed by atoms with van der Waals surface area (Å²) in [7, 11) is 0. The molecular formula is C14H26N4O. The Morgan fingerprint density at radius 2 is 1.95 bits per heavy atom. The minimum atomic E-state index is -0.0239. The van der Waals surface area contributed by atoms with Gasteiger partial charge in [-0.3, -0.25) is 9.69 Å². The third-order valence-corrected chi connectivity index (χ3v) is 4.75. The summed E-state index contributed by atoms with van der Waals surface area (Å²) < 4.78 is 0. The highest BCUT2D eigenvalue weighted by molar-refractivity contribution is 5.82. The Labute approximate surface area is 115 Å². The average Bonchev–Trinajstić information content (AvgIpc) is 2.76. The van der Waals surface area contributed by atoms with Crippen molar-refractivity contribution >= 4 is 5.91 Å². The van der Waals surface area contributed by atoms with Crippen LogP contribution in [0.2, 0.25) is 0 Å². The van der Waals surface area contributed by atoms with Crippen LogP contribution in [0.5, 0.6) is 0 Å². The van der Waals surface area contributed by atoms with Crippen molar-refractivity contribution in [1.82, 2.24) is 20.4 Å². The average molecular weight is 266 g/mol. The van der Waals surface area contributed by atoms with E-state index in [0.29, 0.717) is 18.0 Å². The highest BCUT2D eigenvalue weighted by Crippen LogP contribution is 2.21. The Kier molecular flexibility index (Phi) is 4.05. The zero-order valence-corrected chi connectivity index (χ0v) is 11.9. The zero-order valence-electron chi connectivity index (χ0n) is 11.9. The monoisotopic (exact) mass is 266 g/mol. The predicted octanol–water partition coefficient (Wildman–Crippen LogP) is -0.367. The van der Waals surface area contributed by atoms with Crippen LogP contribution in [0.25, 0.3) is 0 Å². The maximum atomic E-state index is 12.6. The molecule has 3 rings (SSSR count). The Morgan fingerprint density at radius 1 is 1.11 bits per heavy atom. The van der Waals surface area contributed by atoms with E-state index in [1.165, 1.54) is 25.9 Å². The first-order chi connectivity index (χ1) is 9.24. The lowest BCUT2D eigenvalue weighted by Crippen LogP contribution is -2.60. The van der Waals surface area contributed by atoms with Crippen LogP contribution < -0.4 is 10.6 Å². The maximum absolute atomic E-state index is 12.6. The first-order valence-corrected chi connectivity index (χ1v) is 7.73. The van der Waals surface area contributed by atoms with Gasteiger partial charge in [0.05, 0.1) is 6.04 Å². The lowest BCUT2D eigenvalue weighted by molar-refractivity contribution is -0.134. The van der Waals surface area contributed by atoms with Gasteiger partial charge >= 0.3 is 0 Å². The van der Waals surface area contributed by atoms with E-state index in [9.17, 15) is 4.79 Å². The molecule has 3 fully saturated rings. The van der Waals surface area contributed by atoms with Crippen molar-refractivity contribution in [2.75, 3.05) is 39.3 Å². The molecule has 0 aromatic heterocycles. The first-order valence-electron chi connectivity index (χ1n) is 7.73. The van der Waals surface area contributed by atoms with Gasteiger partial charge in [0.1, 0.15) is 0 Å². The number of hydrogen-bond donors (Lipinski definition) is 2. The molecule has 0 radical (unpaired) electrons. The smallest absolute Gasteiger partial charge is 0.241 e. The molecule has 0 aromatic carbocycles. The Morgan fingerprint density at radius 3 is 2.74 bits per heavy atom. The van der Waals surface area contributed by atoms with Gasteiger partial charge < -0.3 is 15.5 Å². The van der Waals surface area contributed by atoms with Gasteiger partial charge in [-0.15, -0.1) is 0 Å². The molecule has 3 heterocycles. The fourth-order valence-electron chi connectivity index (χ4n) is 3.58. The van der Waals surface area contributed by atoms with Crippen LogP contribution >= 0.6 is 0 Å². The van der Waals surface area contributed by atoms with Crippen molar-refractivity contribution in [1.29, 1.82) is 0 Å². The minimum Gasteiger partial charge on any atom is -0.340 e. The van der Waals surface area contributed by atoms with Crippen molar-refractivity contribution in [3.05, 3.63) is 0 Å². The largest absolute Gasteiger partial charge is 0.340 e. The van der Waals surface area contributed by atoms with Crippen molar-refractivity contribution < 1.29 is 4.79 Å². The predicted molar refractivity (Wildman–Crippen MR) is 75.0 cm³/mol. The molecule has 5 heteroatoms. The van der Waals surface area contributed by atoms with Gasteiger partial charge in [-0.05, 0) is 32.7 Å². The number of carbonyl (C=O) groups excluding carboxylic acids is 1. The van der Waals surface area contributed by atoms with E-state index in [0.717, 1.165) is 32.6 Å². The third-order valence-electron chi connectivity index (χ3n) is 4.75. The summed E-state index contributed by atoms with van der Waals surface area (Å²) in [5, 5.41) is 6.77. The fraction of sp³-hybridized carbons (Fsp3) is 0.929. The van der Waals surface area contributed by atoms with Gasteiger partial charge in [-0.25, -0.2) is 0 Å². The van der Waals surface area contributed by atoms with Gasteiger partial charge in [0.25, 0.3) is 0 Å². The molecule has 19 heavy (non-hydrogen) atoms.